The molecule has 1 saturated carbocycles. The van der Waals surface area contributed by atoms with Crippen molar-refractivity contribution in [2.24, 2.45) is 5.92 Å². The van der Waals surface area contributed by atoms with Gasteiger partial charge in [0, 0.05) is 12.5 Å². The molecule has 1 amide bonds. The van der Waals surface area contributed by atoms with Gasteiger partial charge in [-0.2, -0.15) is 0 Å². The smallest absolute Gasteiger partial charge is 0.223 e. The molecule has 0 aromatic carbocycles. The van der Waals surface area contributed by atoms with Crippen LogP contribution in [-0.4, -0.2) is 26.1 Å². The van der Waals surface area contributed by atoms with Crippen molar-refractivity contribution in [3.05, 3.63) is 0 Å². The Kier molecular flexibility index (Phi) is 3.71. The van der Waals surface area contributed by atoms with E-state index >= 15 is 0 Å². The molecule has 4 nitrogen and oxygen atoms in total. The summed E-state index contributed by atoms with van der Waals surface area (Å²) in [5.41, 5.74) is 0. The third kappa shape index (κ3) is 2.69. The maximum absolute atomic E-state index is 11.3. The molecular formula is C8H15NO3S. The van der Waals surface area contributed by atoms with Crippen LogP contribution in [0.4, 0.5) is 0 Å². The summed E-state index contributed by atoms with van der Waals surface area (Å²) in [6, 6.07) is 0. The van der Waals surface area contributed by atoms with E-state index in [1.54, 1.807) is 0 Å². The summed E-state index contributed by atoms with van der Waals surface area (Å²) in [7, 11) is -2.34. The summed E-state index contributed by atoms with van der Waals surface area (Å²) >= 11 is 0. The summed E-state index contributed by atoms with van der Waals surface area (Å²) in [5.74, 6) is -0.0836. The van der Waals surface area contributed by atoms with Crippen LogP contribution in [0.15, 0.2) is 0 Å². The molecule has 1 aliphatic carbocycles. The van der Waals surface area contributed by atoms with Crippen molar-refractivity contribution in [1.29, 1.82) is 0 Å². The summed E-state index contributed by atoms with van der Waals surface area (Å²) in [5, 5.41) is 2.44. The van der Waals surface area contributed by atoms with Gasteiger partial charge in [-0.25, -0.2) is 8.42 Å². The van der Waals surface area contributed by atoms with E-state index in [4.69, 9.17) is 0 Å². The summed E-state index contributed by atoms with van der Waals surface area (Å²) in [6.45, 7) is 2.47. The van der Waals surface area contributed by atoms with Crippen LogP contribution < -0.4 is 5.32 Å². The fourth-order valence-electron chi connectivity index (χ4n) is 1.71. The van der Waals surface area contributed by atoms with Gasteiger partial charge in [-0.1, -0.05) is 0 Å². The van der Waals surface area contributed by atoms with Gasteiger partial charge in [-0.05, 0) is 26.2 Å². The van der Waals surface area contributed by atoms with Crippen LogP contribution in [0.5, 0.6) is 0 Å². The number of nitrogens with one attached hydrogen (secondary N) is 1. The molecule has 0 aromatic rings. The van der Waals surface area contributed by atoms with Gasteiger partial charge in [0.25, 0.3) is 0 Å². The first-order valence-corrected chi connectivity index (χ1v) is 5.81. The van der Waals surface area contributed by atoms with E-state index in [-0.39, 0.29) is 17.1 Å². The molecule has 0 aromatic heterocycles. The van der Waals surface area contributed by atoms with Crippen molar-refractivity contribution < 1.29 is 13.2 Å². The third-order valence-corrected chi connectivity index (χ3v) is 3.49. The number of rotatable bonds is 3. The number of amides is 1. The van der Waals surface area contributed by atoms with E-state index in [9.17, 15) is 13.2 Å². The lowest BCUT2D eigenvalue weighted by Gasteiger charge is -2.07. The quantitative estimate of drug-likeness (QED) is 0.633. The zero-order valence-electron chi connectivity index (χ0n) is 7.66. The number of carbonyl (C=O) groups is 1. The van der Waals surface area contributed by atoms with Crippen LogP contribution in [0, 0.1) is 5.92 Å². The first-order valence-electron chi connectivity index (χ1n) is 4.56. The van der Waals surface area contributed by atoms with Crippen LogP contribution in [-0.2, 0) is 15.5 Å². The molecule has 0 heterocycles. The van der Waals surface area contributed by atoms with Crippen molar-refractivity contribution in [2.45, 2.75) is 31.4 Å². The monoisotopic (exact) mass is 205 g/mol. The Bertz CT molecular complexity index is 254. The molecule has 2 unspecified atom stereocenters. The largest absolute Gasteiger partial charge is 0.356 e. The maximum atomic E-state index is 11.3. The Labute approximate surface area is 79.7 Å². The van der Waals surface area contributed by atoms with E-state index in [1.807, 2.05) is 6.92 Å². The van der Waals surface area contributed by atoms with Gasteiger partial charge < -0.3 is 5.32 Å². The Morgan fingerprint density at radius 2 is 2.15 bits per heavy atom. The predicted molar refractivity (Wildman–Crippen MR) is 50.1 cm³/mol. The fourth-order valence-corrected chi connectivity index (χ4v) is 2.49. The molecule has 5 heteroatoms. The zero-order valence-corrected chi connectivity index (χ0v) is 8.55. The Balaban J connectivity index is 2.45. The normalized spacial score (nSPS) is 27.8. The lowest BCUT2D eigenvalue weighted by Crippen LogP contribution is -2.29. The van der Waals surface area contributed by atoms with Gasteiger partial charge in [0.05, 0.1) is 5.25 Å². The number of hydrogen-bond acceptors (Lipinski definition) is 3. The highest BCUT2D eigenvalue weighted by molar-refractivity contribution is 7.73. The molecule has 13 heavy (non-hydrogen) atoms. The van der Waals surface area contributed by atoms with E-state index in [0.29, 0.717) is 25.8 Å². The molecule has 0 spiro atoms. The highest BCUT2D eigenvalue weighted by atomic mass is 32.2. The SMILES string of the molecule is CCNC(=O)C1CCC([SH](=O)=O)C1. The van der Waals surface area contributed by atoms with Crippen LogP contribution in [0.3, 0.4) is 0 Å². The minimum atomic E-state index is -2.34. The van der Waals surface area contributed by atoms with Crippen molar-refractivity contribution in [3.8, 4) is 0 Å². The van der Waals surface area contributed by atoms with Crippen molar-refractivity contribution >= 4 is 16.6 Å². The van der Waals surface area contributed by atoms with Crippen LogP contribution in [0.25, 0.3) is 0 Å². The molecule has 1 fully saturated rings. The minimum absolute atomic E-state index is 0.00171. The number of hydrogen-bond donors (Lipinski definition) is 2. The average Bonchev–Trinajstić information content (AvgIpc) is 2.52. The van der Waals surface area contributed by atoms with Gasteiger partial charge in [0.1, 0.15) is 10.7 Å². The van der Waals surface area contributed by atoms with Crippen LogP contribution >= 0.6 is 0 Å². The van der Waals surface area contributed by atoms with Gasteiger partial charge in [-0.3, -0.25) is 4.79 Å². The molecule has 1 rings (SSSR count). The molecule has 0 saturated heterocycles. The lowest BCUT2D eigenvalue weighted by molar-refractivity contribution is -0.124. The Morgan fingerprint density at radius 1 is 1.46 bits per heavy atom. The van der Waals surface area contributed by atoms with Gasteiger partial charge >= 0.3 is 0 Å². The Hall–Kier alpha value is -0.580. The van der Waals surface area contributed by atoms with Crippen molar-refractivity contribution in [3.63, 3.8) is 0 Å². The lowest BCUT2D eigenvalue weighted by atomic mass is 10.1. The third-order valence-electron chi connectivity index (χ3n) is 2.42. The standard InChI is InChI=1S/C8H15NO3S/c1-2-9-8(10)6-3-4-7(5-6)13(11)12/h6-7,13H,2-5H2,1H3,(H,9,10). The zero-order chi connectivity index (χ0) is 9.84. The van der Waals surface area contributed by atoms with E-state index in [0.717, 1.165) is 0 Å². The van der Waals surface area contributed by atoms with Crippen LogP contribution in [0.2, 0.25) is 0 Å². The molecule has 0 bridgehead atoms. The maximum Gasteiger partial charge on any atom is 0.223 e. The molecule has 0 aliphatic heterocycles. The first-order chi connectivity index (χ1) is 6.15. The molecule has 0 radical (unpaired) electrons. The summed E-state index contributed by atoms with van der Waals surface area (Å²) < 4.78 is 21.3. The predicted octanol–water partition coefficient (Wildman–Crippen LogP) is -0.0974. The molecular weight excluding hydrogens is 190 g/mol. The van der Waals surface area contributed by atoms with Gasteiger partial charge in [-0.15, -0.1) is 0 Å². The number of thiol groups is 1. The second-order valence-corrected chi connectivity index (χ2v) is 4.64. The minimum Gasteiger partial charge on any atom is -0.356 e. The average molecular weight is 205 g/mol. The highest BCUT2D eigenvalue weighted by Gasteiger charge is 2.31. The topological polar surface area (TPSA) is 63.2 Å². The van der Waals surface area contributed by atoms with Gasteiger partial charge in [0.15, 0.2) is 0 Å². The summed E-state index contributed by atoms with van der Waals surface area (Å²) in [6.07, 6.45) is 1.85. The summed E-state index contributed by atoms with van der Waals surface area (Å²) in [4.78, 5) is 11.3. The number of carbonyl (C=O) groups excluding carboxylic acids is 1. The van der Waals surface area contributed by atoms with E-state index in [2.05, 4.69) is 5.32 Å². The second kappa shape index (κ2) is 4.60. The second-order valence-electron chi connectivity index (χ2n) is 3.34. The van der Waals surface area contributed by atoms with Gasteiger partial charge in [0.2, 0.25) is 5.91 Å². The first kappa shape index (κ1) is 10.5. The molecule has 2 atom stereocenters. The molecule has 1 aliphatic rings. The molecule has 76 valence electrons. The van der Waals surface area contributed by atoms with Crippen molar-refractivity contribution in [1.82, 2.24) is 5.32 Å². The van der Waals surface area contributed by atoms with Crippen molar-refractivity contribution in [2.75, 3.05) is 6.54 Å². The Morgan fingerprint density at radius 3 is 2.62 bits per heavy atom. The fraction of sp³-hybridized carbons (Fsp3) is 0.875. The molecule has 1 N–H and O–H groups in total. The highest BCUT2D eigenvalue weighted by Crippen LogP contribution is 2.27. The van der Waals surface area contributed by atoms with E-state index < -0.39 is 10.7 Å². The van der Waals surface area contributed by atoms with Crippen LogP contribution in [0.1, 0.15) is 26.2 Å². The van der Waals surface area contributed by atoms with E-state index in [1.165, 1.54) is 0 Å².